The van der Waals surface area contributed by atoms with Gasteiger partial charge in [0.1, 0.15) is 0 Å². The minimum atomic E-state index is -3.50. The van der Waals surface area contributed by atoms with E-state index in [9.17, 15) is 26.4 Å². The SMILES string of the molecule is C=CS(=O)(=O)CC(C)C(=O)NCNC(=O)C(C)CS(=O)(=O)C=C. The number of hydrogen-bond acceptors (Lipinski definition) is 6. The van der Waals surface area contributed by atoms with E-state index in [1.165, 1.54) is 13.8 Å². The molecule has 0 aliphatic rings. The molecule has 0 bridgehead atoms. The molecule has 0 aromatic carbocycles. The topological polar surface area (TPSA) is 126 Å². The van der Waals surface area contributed by atoms with Crippen molar-refractivity contribution < 1.29 is 26.4 Å². The Labute approximate surface area is 136 Å². The van der Waals surface area contributed by atoms with Gasteiger partial charge in [-0.2, -0.15) is 0 Å². The van der Waals surface area contributed by atoms with E-state index in [1.807, 2.05) is 0 Å². The lowest BCUT2D eigenvalue weighted by Gasteiger charge is -2.14. The van der Waals surface area contributed by atoms with Crippen molar-refractivity contribution in [1.82, 2.24) is 10.6 Å². The van der Waals surface area contributed by atoms with Crippen LogP contribution >= 0.6 is 0 Å². The second-order valence-electron chi connectivity index (χ2n) is 5.05. The zero-order valence-corrected chi connectivity index (χ0v) is 14.7. The highest BCUT2D eigenvalue weighted by atomic mass is 32.2. The van der Waals surface area contributed by atoms with Crippen molar-refractivity contribution in [3.8, 4) is 0 Å². The predicted molar refractivity (Wildman–Crippen MR) is 87.4 cm³/mol. The van der Waals surface area contributed by atoms with Gasteiger partial charge >= 0.3 is 0 Å². The summed E-state index contributed by atoms with van der Waals surface area (Å²) in [6, 6.07) is 0. The largest absolute Gasteiger partial charge is 0.338 e. The van der Waals surface area contributed by atoms with E-state index in [2.05, 4.69) is 23.8 Å². The highest BCUT2D eigenvalue weighted by Gasteiger charge is 2.21. The zero-order chi connectivity index (χ0) is 18.3. The molecular weight excluding hydrogens is 344 g/mol. The number of sulfone groups is 2. The Morgan fingerprint density at radius 2 is 1.17 bits per heavy atom. The van der Waals surface area contributed by atoms with E-state index in [0.29, 0.717) is 0 Å². The molecule has 10 heteroatoms. The summed E-state index contributed by atoms with van der Waals surface area (Å²) in [5, 5.41) is 6.26. The first-order valence-corrected chi connectivity index (χ1v) is 10.1. The summed E-state index contributed by atoms with van der Waals surface area (Å²) in [7, 11) is -7.00. The molecular formula is C13H22N2O6S2. The third kappa shape index (κ3) is 8.50. The molecule has 0 aliphatic carbocycles. The lowest BCUT2D eigenvalue weighted by Crippen LogP contribution is -2.43. The highest BCUT2D eigenvalue weighted by molar-refractivity contribution is 7.94. The molecule has 132 valence electrons. The standard InChI is InChI=1S/C13H22N2O6S2/c1-5-22(18,19)7-10(3)12(16)14-9-15-13(17)11(4)8-23(20,21)6-2/h5-6,10-11H,1-2,7-9H2,3-4H3,(H,14,16)(H,15,17). The Hall–Kier alpha value is -1.68. The van der Waals surface area contributed by atoms with Crippen LogP contribution in [0.5, 0.6) is 0 Å². The summed E-state index contributed by atoms with van der Waals surface area (Å²) in [6.07, 6.45) is 0. The Balaban J connectivity index is 4.34. The quantitative estimate of drug-likeness (QED) is 0.505. The van der Waals surface area contributed by atoms with Gasteiger partial charge in [-0.25, -0.2) is 16.8 Å². The third-order valence-electron chi connectivity index (χ3n) is 2.89. The van der Waals surface area contributed by atoms with Gasteiger partial charge in [-0.05, 0) is 0 Å². The highest BCUT2D eigenvalue weighted by Crippen LogP contribution is 2.04. The molecule has 0 radical (unpaired) electrons. The summed E-state index contributed by atoms with van der Waals surface area (Å²) in [6.45, 7) is 8.93. The van der Waals surface area contributed by atoms with Crippen LogP contribution in [0.25, 0.3) is 0 Å². The molecule has 0 saturated carbocycles. The van der Waals surface area contributed by atoms with E-state index in [0.717, 1.165) is 10.8 Å². The smallest absolute Gasteiger partial charge is 0.225 e. The van der Waals surface area contributed by atoms with Gasteiger partial charge in [-0.3, -0.25) is 9.59 Å². The fraction of sp³-hybridized carbons (Fsp3) is 0.538. The summed E-state index contributed by atoms with van der Waals surface area (Å²) >= 11 is 0. The number of rotatable bonds is 10. The fourth-order valence-corrected chi connectivity index (χ4v) is 3.52. The van der Waals surface area contributed by atoms with Crippen molar-refractivity contribution in [2.45, 2.75) is 13.8 Å². The van der Waals surface area contributed by atoms with E-state index >= 15 is 0 Å². The van der Waals surface area contributed by atoms with Crippen molar-refractivity contribution in [3.05, 3.63) is 24.0 Å². The average molecular weight is 366 g/mol. The van der Waals surface area contributed by atoms with Gasteiger partial charge in [0.05, 0.1) is 18.2 Å². The second-order valence-corrected chi connectivity index (χ2v) is 9.04. The van der Waals surface area contributed by atoms with Gasteiger partial charge in [-0.1, -0.05) is 27.0 Å². The first-order valence-electron chi connectivity index (χ1n) is 6.70. The minimum Gasteiger partial charge on any atom is -0.338 e. The van der Waals surface area contributed by atoms with Crippen LogP contribution in [0.4, 0.5) is 0 Å². The van der Waals surface area contributed by atoms with Crippen LogP contribution in [0.15, 0.2) is 24.0 Å². The Kier molecular flexibility index (Phi) is 8.18. The second kappa shape index (κ2) is 8.82. The Morgan fingerprint density at radius 3 is 1.43 bits per heavy atom. The fourth-order valence-electron chi connectivity index (χ4n) is 1.55. The predicted octanol–water partition coefficient (Wildman–Crippen LogP) is -0.435. The minimum absolute atomic E-state index is 0.228. The van der Waals surface area contributed by atoms with Crippen molar-refractivity contribution in [2.24, 2.45) is 11.8 Å². The molecule has 0 spiro atoms. The van der Waals surface area contributed by atoms with Gasteiger partial charge in [0.2, 0.25) is 11.8 Å². The van der Waals surface area contributed by atoms with Gasteiger partial charge in [0.15, 0.2) is 19.7 Å². The first kappa shape index (κ1) is 21.3. The van der Waals surface area contributed by atoms with E-state index in [1.54, 1.807) is 0 Å². The molecule has 0 aromatic rings. The summed E-state index contributed by atoms with van der Waals surface area (Å²) < 4.78 is 45.3. The van der Waals surface area contributed by atoms with Crippen LogP contribution in [0.2, 0.25) is 0 Å². The average Bonchev–Trinajstić information content (AvgIpc) is 2.45. The van der Waals surface area contributed by atoms with Gasteiger partial charge in [0.25, 0.3) is 0 Å². The number of carbonyl (C=O) groups is 2. The summed E-state index contributed by atoms with van der Waals surface area (Å²) in [4.78, 5) is 23.4. The van der Waals surface area contributed by atoms with E-state index in [-0.39, 0.29) is 18.2 Å². The Morgan fingerprint density at radius 1 is 0.870 bits per heavy atom. The van der Waals surface area contributed by atoms with Crippen LogP contribution in [0.1, 0.15) is 13.8 Å². The van der Waals surface area contributed by atoms with Crippen molar-refractivity contribution >= 4 is 31.5 Å². The van der Waals surface area contributed by atoms with Crippen LogP contribution in [0.3, 0.4) is 0 Å². The first-order chi connectivity index (χ1) is 10.4. The molecule has 23 heavy (non-hydrogen) atoms. The number of nitrogens with one attached hydrogen (secondary N) is 2. The van der Waals surface area contributed by atoms with Gasteiger partial charge < -0.3 is 10.6 Å². The van der Waals surface area contributed by atoms with Gasteiger partial charge in [-0.15, -0.1) is 0 Å². The van der Waals surface area contributed by atoms with E-state index in [4.69, 9.17) is 0 Å². The molecule has 2 amide bonds. The van der Waals surface area contributed by atoms with E-state index < -0.39 is 43.3 Å². The third-order valence-corrected chi connectivity index (χ3v) is 5.84. The molecule has 0 aromatic heterocycles. The summed E-state index contributed by atoms with van der Waals surface area (Å²) in [5.41, 5.74) is 0. The van der Waals surface area contributed by atoms with Gasteiger partial charge in [0, 0.05) is 22.7 Å². The molecule has 2 unspecified atom stereocenters. The molecule has 2 N–H and O–H groups in total. The zero-order valence-electron chi connectivity index (χ0n) is 13.1. The lowest BCUT2D eigenvalue weighted by molar-refractivity contribution is -0.125. The maximum atomic E-state index is 11.7. The Bertz CT molecular complexity index is 609. The van der Waals surface area contributed by atoms with Crippen LogP contribution in [-0.2, 0) is 29.3 Å². The maximum Gasteiger partial charge on any atom is 0.225 e. The molecule has 0 saturated heterocycles. The molecule has 2 atom stereocenters. The molecule has 8 nitrogen and oxygen atoms in total. The number of hydrogen-bond donors (Lipinski definition) is 2. The van der Waals surface area contributed by atoms with Crippen LogP contribution < -0.4 is 10.6 Å². The maximum absolute atomic E-state index is 11.7. The van der Waals surface area contributed by atoms with Crippen molar-refractivity contribution in [2.75, 3.05) is 18.2 Å². The molecule has 0 fully saturated rings. The normalized spacial score (nSPS) is 14.3. The molecule has 0 aliphatic heterocycles. The molecule has 0 heterocycles. The number of amides is 2. The van der Waals surface area contributed by atoms with Crippen LogP contribution in [-0.4, -0.2) is 46.8 Å². The monoisotopic (exact) mass is 366 g/mol. The van der Waals surface area contributed by atoms with Crippen LogP contribution in [0, 0.1) is 11.8 Å². The van der Waals surface area contributed by atoms with Crippen molar-refractivity contribution in [3.63, 3.8) is 0 Å². The lowest BCUT2D eigenvalue weighted by atomic mass is 10.2. The molecule has 0 rings (SSSR count). The number of carbonyl (C=O) groups excluding carboxylic acids is 2. The summed E-state index contributed by atoms with van der Waals surface area (Å²) in [5.74, 6) is -3.50. The van der Waals surface area contributed by atoms with Crippen molar-refractivity contribution in [1.29, 1.82) is 0 Å².